The first kappa shape index (κ1) is 8.75. The van der Waals surface area contributed by atoms with Crippen LogP contribution in [0.2, 0.25) is 0 Å². The van der Waals surface area contributed by atoms with Gasteiger partial charge in [0, 0.05) is 0 Å². The second kappa shape index (κ2) is 3.50. The summed E-state index contributed by atoms with van der Waals surface area (Å²) in [5, 5.41) is 0. The van der Waals surface area contributed by atoms with Crippen LogP contribution < -0.4 is 0 Å². The summed E-state index contributed by atoms with van der Waals surface area (Å²) in [6.45, 7) is 0. The number of aromatic nitrogens is 2. The SMILES string of the molecule is Cn1ccn(-c2ccccc2)[c]1=[Ag]. The Labute approximate surface area is 88.9 Å². The number of rotatable bonds is 1. The van der Waals surface area contributed by atoms with Gasteiger partial charge in [-0.1, -0.05) is 0 Å². The van der Waals surface area contributed by atoms with Crippen LogP contribution in [0.4, 0.5) is 0 Å². The van der Waals surface area contributed by atoms with E-state index in [9.17, 15) is 0 Å². The molecule has 0 bridgehead atoms. The van der Waals surface area contributed by atoms with Crippen LogP contribution in [0.25, 0.3) is 5.69 Å². The van der Waals surface area contributed by atoms with Crippen molar-refractivity contribution < 1.29 is 20.6 Å². The van der Waals surface area contributed by atoms with Crippen LogP contribution in [-0.2, 0) is 27.6 Å². The number of imidazole rings is 1. The Balaban J connectivity index is 2.60. The molecule has 0 aliphatic rings. The molecule has 0 N–H and O–H groups in total. The second-order valence-corrected chi connectivity index (χ2v) is 3.51. The Morgan fingerprint density at radius 1 is 1.08 bits per heavy atom. The number of benzene rings is 1. The van der Waals surface area contributed by atoms with Crippen molar-refractivity contribution in [3.63, 3.8) is 0 Å². The average molecular weight is 266 g/mol. The van der Waals surface area contributed by atoms with E-state index in [-0.39, 0.29) is 0 Å². The van der Waals surface area contributed by atoms with Crippen LogP contribution in [0.3, 0.4) is 0 Å². The van der Waals surface area contributed by atoms with Crippen LogP contribution in [0.1, 0.15) is 0 Å². The fourth-order valence-corrected chi connectivity index (χ4v) is 1.63. The number of nitrogens with zero attached hydrogens (tertiary/aromatic N) is 2. The van der Waals surface area contributed by atoms with E-state index in [4.69, 9.17) is 0 Å². The molecule has 1 aromatic carbocycles. The molecular weight excluding hydrogens is 256 g/mol. The van der Waals surface area contributed by atoms with Gasteiger partial charge in [-0.3, -0.25) is 0 Å². The molecule has 0 aliphatic heterocycles. The van der Waals surface area contributed by atoms with E-state index in [2.05, 4.69) is 37.3 Å². The van der Waals surface area contributed by atoms with Gasteiger partial charge in [-0.25, -0.2) is 0 Å². The normalized spacial score (nSPS) is 10.4. The molecule has 0 spiro atoms. The summed E-state index contributed by atoms with van der Waals surface area (Å²) in [5.74, 6) is 0. The fourth-order valence-electron chi connectivity index (χ4n) is 1.22. The third kappa shape index (κ3) is 1.61. The Morgan fingerprint density at radius 3 is 2.31 bits per heavy atom. The minimum absolute atomic E-state index is 1.04. The van der Waals surface area contributed by atoms with Crippen LogP contribution in [0.15, 0.2) is 42.7 Å². The summed E-state index contributed by atoms with van der Waals surface area (Å²) in [7, 11) is 2.00. The molecule has 0 saturated heterocycles. The molecule has 0 atom stereocenters. The summed E-state index contributed by atoms with van der Waals surface area (Å²) >= 11 is 3.53. The van der Waals surface area contributed by atoms with Crippen molar-refractivity contribution in [1.82, 2.24) is 9.13 Å². The summed E-state index contributed by atoms with van der Waals surface area (Å²) in [4.78, 5) is 0. The minimum atomic E-state index is 1.04. The van der Waals surface area contributed by atoms with E-state index < -0.39 is 0 Å². The molecule has 71 valence electrons. The van der Waals surface area contributed by atoms with Gasteiger partial charge in [0.25, 0.3) is 0 Å². The van der Waals surface area contributed by atoms with Gasteiger partial charge in [0.05, 0.1) is 0 Å². The standard InChI is InChI=1S/C10H10N2.Ag/c1-11-7-8-12(9-11)10-5-3-2-4-6-10;/h2-8H,1H3;. The van der Waals surface area contributed by atoms with Crippen LogP contribution in [-0.4, -0.2) is 9.13 Å². The van der Waals surface area contributed by atoms with Gasteiger partial charge in [0.15, 0.2) is 0 Å². The maximum absolute atomic E-state index is 3.53. The van der Waals surface area contributed by atoms with Crippen molar-refractivity contribution in [3.8, 4) is 5.69 Å². The Morgan fingerprint density at radius 2 is 1.77 bits per heavy atom. The van der Waals surface area contributed by atoms with Gasteiger partial charge in [0.1, 0.15) is 0 Å². The molecule has 1 heterocycles. The van der Waals surface area contributed by atoms with Crippen molar-refractivity contribution in [2.24, 2.45) is 7.05 Å². The maximum atomic E-state index is 3.53. The van der Waals surface area contributed by atoms with Crippen molar-refractivity contribution >= 4 is 0 Å². The summed E-state index contributed by atoms with van der Waals surface area (Å²) in [5.41, 5.74) is 1.16. The van der Waals surface area contributed by atoms with Gasteiger partial charge in [0.2, 0.25) is 0 Å². The van der Waals surface area contributed by atoms with Crippen LogP contribution in [0, 0.1) is 3.63 Å². The second-order valence-electron chi connectivity index (χ2n) is 2.85. The van der Waals surface area contributed by atoms with Crippen molar-refractivity contribution in [2.75, 3.05) is 0 Å². The van der Waals surface area contributed by atoms with Gasteiger partial charge >= 0.3 is 88.8 Å². The number of para-hydroxylation sites is 1. The fraction of sp³-hybridized carbons (Fsp3) is 0.100. The summed E-state index contributed by atoms with van der Waals surface area (Å²) in [6, 6.07) is 10.2. The van der Waals surface area contributed by atoms with E-state index in [0.29, 0.717) is 0 Å². The molecule has 0 saturated carbocycles. The third-order valence-corrected chi connectivity index (χ3v) is 2.80. The van der Waals surface area contributed by atoms with Crippen LogP contribution in [0.5, 0.6) is 0 Å². The number of hydrogen-bond donors (Lipinski definition) is 0. The molecule has 1 aromatic heterocycles. The molecule has 3 heteroatoms. The predicted molar refractivity (Wildman–Crippen MR) is 48.0 cm³/mol. The van der Waals surface area contributed by atoms with E-state index in [1.807, 2.05) is 42.2 Å². The Hall–Kier alpha value is -0.830. The molecule has 0 amide bonds. The molecule has 2 aromatic rings. The van der Waals surface area contributed by atoms with E-state index in [0.717, 1.165) is 9.32 Å². The number of aryl methyl sites for hydroxylation is 1. The topological polar surface area (TPSA) is 9.86 Å². The van der Waals surface area contributed by atoms with Crippen molar-refractivity contribution in [3.05, 3.63) is 46.4 Å². The molecule has 2 nitrogen and oxygen atoms in total. The Kier molecular flexibility index (Phi) is 2.36. The van der Waals surface area contributed by atoms with Gasteiger partial charge < -0.3 is 0 Å². The zero-order valence-corrected chi connectivity index (χ0v) is 8.72. The molecular formula is C10H10AgN2. The first-order chi connectivity index (χ1) is 6.29. The van der Waals surface area contributed by atoms with Crippen LogP contribution >= 0.6 is 0 Å². The Bertz CT molecular complexity index is 453. The van der Waals surface area contributed by atoms with Gasteiger partial charge in [-0.15, -0.1) is 0 Å². The monoisotopic (exact) mass is 265 g/mol. The summed E-state index contributed by atoms with van der Waals surface area (Å²) < 4.78 is 5.14. The van der Waals surface area contributed by atoms with Gasteiger partial charge in [-0.2, -0.15) is 0 Å². The molecule has 0 radical (unpaired) electrons. The van der Waals surface area contributed by atoms with Gasteiger partial charge in [-0.05, 0) is 0 Å². The van der Waals surface area contributed by atoms with E-state index >= 15 is 0 Å². The molecule has 0 fully saturated rings. The zero-order valence-electron chi connectivity index (χ0n) is 7.24. The molecule has 13 heavy (non-hydrogen) atoms. The molecule has 0 unspecified atom stereocenters. The van der Waals surface area contributed by atoms with Crippen molar-refractivity contribution in [1.29, 1.82) is 0 Å². The first-order valence-electron chi connectivity index (χ1n) is 4.03. The van der Waals surface area contributed by atoms with Crippen molar-refractivity contribution in [2.45, 2.75) is 0 Å². The molecule has 2 rings (SSSR count). The first-order valence-corrected chi connectivity index (χ1v) is 4.77. The summed E-state index contributed by atoms with van der Waals surface area (Å²) in [6.07, 6.45) is 4.04. The average Bonchev–Trinajstić information content (AvgIpc) is 2.49. The van der Waals surface area contributed by atoms with E-state index in [1.165, 1.54) is 0 Å². The number of hydrogen-bond acceptors (Lipinski definition) is 0. The third-order valence-electron chi connectivity index (χ3n) is 1.92. The van der Waals surface area contributed by atoms with E-state index in [1.54, 1.807) is 0 Å². The zero-order chi connectivity index (χ0) is 9.26. The molecule has 0 aliphatic carbocycles. The predicted octanol–water partition coefficient (Wildman–Crippen LogP) is 1.89. The quantitative estimate of drug-likeness (QED) is 0.698.